The summed E-state index contributed by atoms with van der Waals surface area (Å²) in [5, 5.41) is 0.804. The smallest absolute Gasteiger partial charge is 0.409 e. The monoisotopic (exact) mass is 388 g/mol. The van der Waals surface area contributed by atoms with Crippen LogP contribution in [-0.2, 0) is 7.05 Å². The Kier molecular flexibility index (Phi) is 6.79. The number of hydrogen-bond acceptors (Lipinski definition) is 5. The van der Waals surface area contributed by atoms with E-state index in [1.165, 1.54) is 0 Å². The normalized spacial score (nSPS) is 10.1. The van der Waals surface area contributed by atoms with Crippen LogP contribution >= 0.6 is 11.6 Å². The average molecular weight is 389 g/mol. The number of halogens is 1. The zero-order valence-electron chi connectivity index (χ0n) is 15.3. The molecule has 3 rings (SSSR count). The number of aromatic nitrogens is 2. The van der Waals surface area contributed by atoms with Crippen LogP contribution in [0, 0.1) is 0 Å². The van der Waals surface area contributed by atoms with Crippen LogP contribution < -0.4 is 10.5 Å². The van der Waals surface area contributed by atoms with Gasteiger partial charge in [-0.2, -0.15) is 0 Å². The molecule has 2 aromatic heterocycles. The number of nitrogens with two attached hydrogens (primary N) is 1. The van der Waals surface area contributed by atoms with Crippen molar-refractivity contribution < 1.29 is 14.3 Å². The Hall–Kier alpha value is -3.06. The van der Waals surface area contributed by atoms with Gasteiger partial charge in [0.05, 0.1) is 17.4 Å². The quantitative estimate of drug-likeness (QED) is 0.691. The standard InChI is InChI=1S/C12H16N4O.C7H5ClO2/c1-4-15(2)12(17)10-7-16(3)11-9(10)5-8(13)6-14-11;8-7(9)10-6-4-2-1-3-5-6/h5-7H,4,13H2,1-3H3;1-5H. The molecule has 0 unspecified atom stereocenters. The van der Waals surface area contributed by atoms with E-state index in [-0.39, 0.29) is 5.91 Å². The molecule has 7 nitrogen and oxygen atoms in total. The zero-order chi connectivity index (χ0) is 20.0. The first kappa shape index (κ1) is 20.3. The van der Waals surface area contributed by atoms with E-state index in [9.17, 15) is 9.59 Å². The number of amides is 1. The molecule has 0 radical (unpaired) electrons. The Morgan fingerprint density at radius 2 is 1.96 bits per heavy atom. The Balaban J connectivity index is 0.000000223. The summed E-state index contributed by atoms with van der Waals surface area (Å²) in [5.41, 5.74) is 6.88. The van der Waals surface area contributed by atoms with E-state index in [2.05, 4.69) is 9.72 Å². The second-order valence-corrected chi connectivity index (χ2v) is 6.07. The summed E-state index contributed by atoms with van der Waals surface area (Å²) >= 11 is 4.95. The molecule has 0 saturated carbocycles. The Morgan fingerprint density at radius 3 is 2.56 bits per heavy atom. The molecule has 8 heteroatoms. The first-order valence-electron chi connectivity index (χ1n) is 8.21. The summed E-state index contributed by atoms with van der Waals surface area (Å²) in [6, 6.07) is 10.4. The maximum Gasteiger partial charge on any atom is 0.409 e. The minimum absolute atomic E-state index is 0.00880. The molecular weight excluding hydrogens is 368 g/mol. The zero-order valence-corrected chi connectivity index (χ0v) is 16.1. The van der Waals surface area contributed by atoms with Crippen LogP contribution in [0.3, 0.4) is 0 Å². The van der Waals surface area contributed by atoms with Crippen molar-refractivity contribution in [2.45, 2.75) is 6.92 Å². The molecule has 27 heavy (non-hydrogen) atoms. The highest BCUT2D eigenvalue weighted by Crippen LogP contribution is 2.22. The number of anilines is 1. The van der Waals surface area contributed by atoms with Crippen LogP contribution in [0.2, 0.25) is 0 Å². The number of rotatable bonds is 3. The number of ether oxygens (including phenoxy) is 1. The molecule has 142 valence electrons. The molecule has 0 fully saturated rings. The van der Waals surface area contributed by atoms with Crippen LogP contribution in [0.5, 0.6) is 5.75 Å². The van der Waals surface area contributed by atoms with Crippen molar-refractivity contribution in [1.29, 1.82) is 0 Å². The van der Waals surface area contributed by atoms with Gasteiger partial charge in [0, 0.05) is 43.8 Å². The van der Waals surface area contributed by atoms with Gasteiger partial charge in [-0.3, -0.25) is 4.79 Å². The van der Waals surface area contributed by atoms with E-state index in [1.807, 2.05) is 24.6 Å². The molecule has 2 heterocycles. The van der Waals surface area contributed by atoms with Gasteiger partial charge in [-0.05, 0) is 25.1 Å². The summed E-state index contributed by atoms with van der Waals surface area (Å²) in [5.74, 6) is 0.452. The molecule has 0 spiro atoms. The molecule has 0 aliphatic rings. The van der Waals surface area contributed by atoms with E-state index in [0.29, 0.717) is 23.5 Å². The summed E-state index contributed by atoms with van der Waals surface area (Å²) in [6.07, 6.45) is 3.39. The average Bonchev–Trinajstić information content (AvgIpc) is 2.97. The lowest BCUT2D eigenvalue weighted by Crippen LogP contribution is -2.26. The highest BCUT2D eigenvalue weighted by molar-refractivity contribution is 6.61. The number of nitrogen functional groups attached to an aromatic ring is 1. The van der Waals surface area contributed by atoms with E-state index in [0.717, 1.165) is 11.0 Å². The maximum absolute atomic E-state index is 12.2. The van der Waals surface area contributed by atoms with E-state index in [1.54, 1.807) is 54.7 Å². The molecule has 0 saturated heterocycles. The second-order valence-electron chi connectivity index (χ2n) is 5.77. The fourth-order valence-corrected chi connectivity index (χ4v) is 2.47. The number of benzene rings is 1. The van der Waals surface area contributed by atoms with Gasteiger partial charge in [-0.15, -0.1) is 0 Å². The van der Waals surface area contributed by atoms with Crippen molar-refractivity contribution in [1.82, 2.24) is 14.5 Å². The van der Waals surface area contributed by atoms with Crippen molar-refractivity contribution in [3.63, 3.8) is 0 Å². The minimum atomic E-state index is -0.814. The summed E-state index contributed by atoms with van der Waals surface area (Å²) in [4.78, 5) is 28.2. The third-order valence-corrected chi connectivity index (χ3v) is 3.90. The van der Waals surface area contributed by atoms with Gasteiger partial charge in [-0.25, -0.2) is 9.78 Å². The predicted octanol–water partition coefficient (Wildman–Crippen LogP) is 3.67. The van der Waals surface area contributed by atoms with E-state index < -0.39 is 5.43 Å². The molecule has 0 aliphatic carbocycles. The van der Waals surface area contributed by atoms with Crippen molar-refractivity contribution in [3.05, 3.63) is 54.4 Å². The van der Waals surface area contributed by atoms with Gasteiger partial charge in [0.1, 0.15) is 11.4 Å². The number of fused-ring (bicyclic) bond motifs is 1. The number of para-hydroxylation sites is 1. The second kappa shape index (κ2) is 9.05. The highest BCUT2D eigenvalue weighted by Gasteiger charge is 2.17. The van der Waals surface area contributed by atoms with Crippen molar-refractivity contribution in [3.8, 4) is 5.75 Å². The van der Waals surface area contributed by atoms with E-state index >= 15 is 0 Å². The fourth-order valence-electron chi connectivity index (χ4n) is 2.38. The fraction of sp³-hybridized carbons (Fsp3) is 0.211. The predicted molar refractivity (Wildman–Crippen MR) is 106 cm³/mol. The molecular formula is C19H21ClN4O3. The first-order chi connectivity index (χ1) is 12.8. The third-order valence-electron chi connectivity index (χ3n) is 3.83. The molecule has 0 bridgehead atoms. The van der Waals surface area contributed by atoms with Crippen LogP contribution in [-0.4, -0.2) is 39.4 Å². The van der Waals surface area contributed by atoms with Crippen LogP contribution in [0.25, 0.3) is 11.0 Å². The number of hydrogen-bond donors (Lipinski definition) is 1. The number of carbonyl (C=O) groups excluding carboxylic acids is 2. The largest absolute Gasteiger partial charge is 0.415 e. The SMILES string of the molecule is CCN(C)C(=O)c1cn(C)c2ncc(N)cc12.O=C(Cl)Oc1ccccc1. The highest BCUT2D eigenvalue weighted by atomic mass is 35.5. The van der Waals surface area contributed by atoms with Crippen LogP contribution in [0.15, 0.2) is 48.8 Å². The van der Waals surface area contributed by atoms with Crippen molar-refractivity contribution in [2.24, 2.45) is 7.05 Å². The van der Waals surface area contributed by atoms with Gasteiger partial charge in [0.15, 0.2) is 0 Å². The number of aryl methyl sites for hydroxylation is 1. The van der Waals surface area contributed by atoms with Crippen molar-refractivity contribution in [2.75, 3.05) is 19.3 Å². The molecule has 0 aliphatic heterocycles. The Labute approximate surface area is 162 Å². The van der Waals surface area contributed by atoms with E-state index in [4.69, 9.17) is 17.3 Å². The summed E-state index contributed by atoms with van der Waals surface area (Å²) in [7, 11) is 3.65. The number of carbonyl (C=O) groups is 2. The lowest BCUT2D eigenvalue weighted by molar-refractivity contribution is 0.0804. The molecule has 1 aromatic carbocycles. The maximum atomic E-state index is 12.2. The molecule has 2 N–H and O–H groups in total. The summed E-state index contributed by atoms with van der Waals surface area (Å²) in [6.45, 7) is 2.61. The minimum Gasteiger partial charge on any atom is -0.415 e. The van der Waals surface area contributed by atoms with Gasteiger partial charge in [-0.1, -0.05) is 18.2 Å². The van der Waals surface area contributed by atoms with Crippen LogP contribution in [0.1, 0.15) is 17.3 Å². The topological polar surface area (TPSA) is 90.5 Å². The van der Waals surface area contributed by atoms with Gasteiger partial charge in [0.25, 0.3) is 5.91 Å². The molecule has 3 aromatic rings. The molecule has 1 amide bonds. The Morgan fingerprint density at radius 1 is 1.30 bits per heavy atom. The lowest BCUT2D eigenvalue weighted by atomic mass is 10.2. The van der Waals surface area contributed by atoms with Gasteiger partial charge in [0.2, 0.25) is 0 Å². The summed E-state index contributed by atoms with van der Waals surface area (Å²) < 4.78 is 6.38. The third kappa shape index (κ3) is 5.21. The van der Waals surface area contributed by atoms with Crippen molar-refractivity contribution >= 4 is 39.7 Å². The Bertz CT molecular complexity index is 941. The van der Waals surface area contributed by atoms with Crippen LogP contribution in [0.4, 0.5) is 10.5 Å². The van der Waals surface area contributed by atoms with Gasteiger partial charge < -0.3 is 19.9 Å². The molecule has 0 atom stereocenters. The number of pyridine rings is 1. The van der Waals surface area contributed by atoms with Gasteiger partial charge >= 0.3 is 5.43 Å². The first-order valence-corrected chi connectivity index (χ1v) is 8.59. The number of nitrogens with zero attached hydrogens (tertiary/aromatic N) is 3. The lowest BCUT2D eigenvalue weighted by Gasteiger charge is -2.13.